The molecule has 50 heavy (non-hydrogen) atoms. The topological polar surface area (TPSA) is 242 Å². The summed E-state index contributed by atoms with van der Waals surface area (Å²) in [7, 11) is 0. The molecule has 0 aromatic carbocycles. The van der Waals surface area contributed by atoms with E-state index in [1.165, 1.54) is 0 Å². The highest BCUT2D eigenvalue weighted by Gasteiger charge is 2.71. The van der Waals surface area contributed by atoms with Gasteiger partial charge in [0.25, 0.3) is 0 Å². The van der Waals surface area contributed by atoms with Crippen molar-refractivity contribution in [2.24, 2.45) is 28.6 Å². The highest BCUT2D eigenvalue weighted by Crippen LogP contribution is 2.70. The van der Waals surface area contributed by atoms with E-state index in [1.807, 2.05) is 0 Å². The molecule has 4 saturated carbocycles. The van der Waals surface area contributed by atoms with E-state index in [4.69, 9.17) is 23.7 Å². The molecule has 18 atom stereocenters. The van der Waals surface area contributed by atoms with E-state index in [-0.39, 0.29) is 43.2 Å². The molecule has 2 saturated heterocycles. The molecule has 0 bridgehead atoms. The average molecular weight is 713 g/mol. The van der Waals surface area contributed by atoms with Crippen LogP contribution in [0.25, 0.3) is 0 Å². The lowest BCUT2D eigenvalue weighted by Gasteiger charge is -2.65. The van der Waals surface area contributed by atoms with E-state index >= 15 is 0 Å². The number of aldehydes is 1. The molecule has 0 spiro atoms. The largest absolute Gasteiger partial charge is 0.458 e. The van der Waals surface area contributed by atoms with Crippen LogP contribution in [0.5, 0.6) is 0 Å². The highest BCUT2D eigenvalue weighted by atomic mass is 16.7. The van der Waals surface area contributed by atoms with Gasteiger partial charge in [0.2, 0.25) is 0 Å². The Morgan fingerprint density at radius 2 is 1.56 bits per heavy atom. The zero-order chi connectivity index (χ0) is 36.0. The van der Waals surface area contributed by atoms with Gasteiger partial charge in [-0.1, -0.05) is 6.92 Å². The number of ether oxygens (including phenoxy) is 5. The van der Waals surface area contributed by atoms with Crippen LogP contribution in [0.15, 0.2) is 11.6 Å². The smallest absolute Gasteiger partial charge is 0.331 e. The third-order valence-electron chi connectivity index (χ3n) is 14.1. The molecule has 15 nitrogen and oxygen atoms in total. The molecule has 7 aliphatic rings. The van der Waals surface area contributed by atoms with Gasteiger partial charge in [0.1, 0.15) is 55.6 Å². The number of carbonyl (C=O) groups is 2. The Morgan fingerprint density at radius 3 is 2.24 bits per heavy atom. The van der Waals surface area contributed by atoms with Crippen molar-refractivity contribution in [3.8, 4) is 0 Å². The van der Waals surface area contributed by atoms with Crippen molar-refractivity contribution >= 4 is 12.3 Å². The van der Waals surface area contributed by atoms with Crippen molar-refractivity contribution in [2.45, 2.75) is 150 Å². The average Bonchev–Trinajstić information content (AvgIpc) is 3.64. The van der Waals surface area contributed by atoms with Gasteiger partial charge in [-0.3, -0.25) is 0 Å². The van der Waals surface area contributed by atoms with Crippen LogP contribution in [0.3, 0.4) is 0 Å². The molecule has 3 aliphatic heterocycles. The summed E-state index contributed by atoms with van der Waals surface area (Å²) in [6.07, 6.45) is -8.63. The van der Waals surface area contributed by atoms with Gasteiger partial charge >= 0.3 is 5.97 Å². The number of carbonyl (C=O) groups excluding carboxylic acids is 2. The normalized spacial score (nSPS) is 55.0. The zero-order valence-electron chi connectivity index (χ0n) is 28.5. The first-order valence-electron chi connectivity index (χ1n) is 18.0. The Labute approximate surface area is 290 Å². The van der Waals surface area contributed by atoms with Crippen LogP contribution >= 0.6 is 0 Å². The molecule has 8 N–H and O–H groups in total. The Hall–Kier alpha value is -1.60. The predicted molar refractivity (Wildman–Crippen MR) is 167 cm³/mol. The summed E-state index contributed by atoms with van der Waals surface area (Å²) in [5.41, 5.74) is -3.20. The van der Waals surface area contributed by atoms with Crippen LogP contribution < -0.4 is 0 Å². The minimum Gasteiger partial charge on any atom is -0.458 e. The summed E-state index contributed by atoms with van der Waals surface area (Å²) in [6, 6.07) is 0. The molecule has 15 heteroatoms. The molecule has 3 heterocycles. The lowest BCUT2D eigenvalue weighted by molar-refractivity contribution is -0.361. The fourth-order valence-corrected chi connectivity index (χ4v) is 11.3. The van der Waals surface area contributed by atoms with Crippen LogP contribution in [0, 0.1) is 28.6 Å². The molecular formula is C35H52O15. The third-order valence-corrected chi connectivity index (χ3v) is 14.1. The molecule has 0 aromatic rings. The van der Waals surface area contributed by atoms with E-state index in [0.29, 0.717) is 38.5 Å². The standard InChI is InChI=1S/C35H52O15/c1-16-29(50-31-27(42)25(40)24(39)22(13-36)49-31)26(41)28(43)30(47-16)48-18-3-8-33(15-37)20-4-7-32(2)19(17-11-23(38)46-14-17)6-10-35(32,45)21(20)5-9-34(33,44)12-18/h11,15-16,18-22,24-31,36,39-45H,3-10,12-14H2,1-2H3/t16-,18+,19-,20+,21-,22-,24-,25+,26+,27-,28-,29-,30+,31+,32-,33+,34+,35+/m1/s1. The van der Waals surface area contributed by atoms with E-state index in [2.05, 4.69) is 6.92 Å². The van der Waals surface area contributed by atoms with Crippen LogP contribution in [0.4, 0.5) is 0 Å². The molecule has 282 valence electrons. The van der Waals surface area contributed by atoms with Crippen LogP contribution in [-0.2, 0) is 33.3 Å². The summed E-state index contributed by atoms with van der Waals surface area (Å²) < 4.78 is 28.4. The van der Waals surface area contributed by atoms with Crippen molar-refractivity contribution in [1.29, 1.82) is 0 Å². The molecule has 6 fully saturated rings. The number of aliphatic hydroxyl groups is 8. The van der Waals surface area contributed by atoms with Crippen LogP contribution in [0.2, 0.25) is 0 Å². The van der Waals surface area contributed by atoms with Gasteiger partial charge < -0.3 is 69.3 Å². The minimum atomic E-state index is -1.71. The van der Waals surface area contributed by atoms with Crippen molar-refractivity contribution < 1.29 is 74.1 Å². The second-order valence-corrected chi connectivity index (χ2v) is 16.2. The number of hydrogen-bond donors (Lipinski definition) is 8. The van der Waals surface area contributed by atoms with Crippen LogP contribution in [-0.4, -0.2) is 145 Å². The van der Waals surface area contributed by atoms with Crippen molar-refractivity contribution in [3.63, 3.8) is 0 Å². The molecule has 0 aromatic heterocycles. The predicted octanol–water partition coefficient (Wildman–Crippen LogP) is -1.43. The maximum atomic E-state index is 13.2. The van der Waals surface area contributed by atoms with Gasteiger partial charge in [0.15, 0.2) is 12.6 Å². The molecule has 0 unspecified atom stereocenters. The summed E-state index contributed by atoms with van der Waals surface area (Å²) in [6.45, 7) is 3.22. The number of rotatable bonds is 7. The lowest BCUT2D eigenvalue weighted by atomic mass is 9.41. The molecule has 0 amide bonds. The summed E-state index contributed by atoms with van der Waals surface area (Å²) in [5.74, 6) is -0.830. The Morgan fingerprint density at radius 1 is 0.860 bits per heavy atom. The van der Waals surface area contributed by atoms with Gasteiger partial charge in [0, 0.05) is 17.9 Å². The SMILES string of the molecule is C[C@H]1O[C@@H](O[C@H]2CC[C@]3(C=O)[C@H]4CC[C@]5(C)[C@@H](C6=CC(=O)OC6)CC[C@]5(O)[C@@H]4CC[C@]3(O)C2)[C@H](O)[C@H](O)[C@@H]1O[C@@H]1O[C@H](CO)[C@@H](O)[C@H](O)[C@H]1O. The summed E-state index contributed by atoms with van der Waals surface area (Å²) in [4.78, 5) is 25.1. The van der Waals surface area contributed by atoms with Crippen molar-refractivity contribution in [1.82, 2.24) is 0 Å². The summed E-state index contributed by atoms with van der Waals surface area (Å²) >= 11 is 0. The molecule has 7 rings (SSSR count). The van der Waals surface area contributed by atoms with Gasteiger partial charge in [-0.05, 0) is 81.6 Å². The first-order chi connectivity index (χ1) is 23.6. The number of fused-ring (bicyclic) bond motifs is 5. The first kappa shape index (κ1) is 36.7. The highest BCUT2D eigenvalue weighted by molar-refractivity contribution is 5.85. The van der Waals surface area contributed by atoms with E-state index < -0.39 is 96.2 Å². The molecule has 4 aliphatic carbocycles. The monoisotopic (exact) mass is 712 g/mol. The summed E-state index contributed by atoms with van der Waals surface area (Å²) in [5, 5.41) is 87.0. The molecular weight excluding hydrogens is 660 g/mol. The van der Waals surface area contributed by atoms with Crippen molar-refractivity contribution in [2.75, 3.05) is 13.2 Å². The fourth-order valence-electron chi connectivity index (χ4n) is 11.3. The van der Waals surface area contributed by atoms with E-state index in [1.54, 1.807) is 13.0 Å². The Kier molecular flexibility index (Phi) is 9.60. The quantitative estimate of drug-likeness (QED) is 0.0858. The number of hydrogen-bond acceptors (Lipinski definition) is 15. The third kappa shape index (κ3) is 5.37. The van der Waals surface area contributed by atoms with Gasteiger partial charge in [0.05, 0.1) is 35.4 Å². The number of cyclic esters (lactones) is 1. The second-order valence-electron chi connectivity index (χ2n) is 16.2. The maximum absolute atomic E-state index is 13.2. The van der Waals surface area contributed by atoms with Gasteiger partial charge in [-0.15, -0.1) is 0 Å². The Bertz CT molecular complexity index is 1340. The van der Waals surface area contributed by atoms with Gasteiger partial charge in [-0.2, -0.15) is 0 Å². The number of esters is 1. The number of aliphatic hydroxyl groups excluding tert-OH is 6. The fraction of sp³-hybridized carbons (Fsp3) is 0.886. The first-order valence-corrected chi connectivity index (χ1v) is 18.0. The van der Waals surface area contributed by atoms with E-state index in [0.717, 1.165) is 18.3 Å². The lowest BCUT2D eigenvalue weighted by Crippen LogP contribution is -2.69. The van der Waals surface area contributed by atoms with Crippen molar-refractivity contribution in [3.05, 3.63) is 11.6 Å². The minimum absolute atomic E-state index is 0.00102. The zero-order valence-corrected chi connectivity index (χ0v) is 28.5. The Balaban J connectivity index is 1.02. The van der Waals surface area contributed by atoms with E-state index in [9.17, 15) is 50.4 Å². The van der Waals surface area contributed by atoms with Crippen LogP contribution in [0.1, 0.15) is 71.6 Å². The van der Waals surface area contributed by atoms with Gasteiger partial charge in [-0.25, -0.2) is 4.79 Å². The second kappa shape index (κ2) is 13.1. The maximum Gasteiger partial charge on any atom is 0.331 e. The molecule has 0 radical (unpaired) electrons.